The van der Waals surface area contributed by atoms with Gasteiger partial charge in [-0.2, -0.15) is 0 Å². The molecular formula is C15H20N4O3. The summed E-state index contributed by atoms with van der Waals surface area (Å²) in [6.07, 6.45) is 3.19. The fourth-order valence-electron chi connectivity index (χ4n) is 2.96. The predicted molar refractivity (Wildman–Crippen MR) is 78.2 cm³/mol. The summed E-state index contributed by atoms with van der Waals surface area (Å²) in [7, 11) is 0. The molecule has 0 atom stereocenters. The molecule has 0 N–H and O–H groups in total. The van der Waals surface area contributed by atoms with Crippen molar-refractivity contribution in [3.05, 3.63) is 23.8 Å². The first kappa shape index (κ1) is 14.7. The summed E-state index contributed by atoms with van der Waals surface area (Å²) in [5, 5.41) is 0. The first-order chi connectivity index (χ1) is 10.6. The third-order valence-corrected chi connectivity index (χ3v) is 4.23. The average molecular weight is 304 g/mol. The lowest BCUT2D eigenvalue weighted by molar-refractivity contribution is -0.132. The molecule has 0 unspecified atom stereocenters. The van der Waals surface area contributed by atoms with Crippen molar-refractivity contribution >= 4 is 12.0 Å². The van der Waals surface area contributed by atoms with E-state index >= 15 is 0 Å². The highest BCUT2D eigenvalue weighted by Gasteiger charge is 2.29. The number of carbonyl (C=O) groups excluding carboxylic acids is 2. The number of hydrogen-bond donors (Lipinski definition) is 0. The number of aryl methyl sites for hydroxylation is 1. The van der Waals surface area contributed by atoms with Gasteiger partial charge < -0.3 is 9.64 Å². The van der Waals surface area contributed by atoms with Crippen molar-refractivity contribution in [1.82, 2.24) is 19.8 Å². The molecule has 22 heavy (non-hydrogen) atoms. The molecule has 1 aromatic rings. The standard InChI is InChI=1S/C15H20N4O3/c1-11-16-5-2-13(17-11)12-3-6-18(7-4-12)14(20)10-19-8-9-22-15(19)21/h2,5,12H,3-4,6-10H2,1H3. The number of hydrogen-bond acceptors (Lipinski definition) is 5. The summed E-state index contributed by atoms with van der Waals surface area (Å²) in [6.45, 7) is 4.29. The van der Waals surface area contributed by atoms with Crippen LogP contribution in [0, 0.1) is 6.92 Å². The minimum absolute atomic E-state index is 0.00355. The van der Waals surface area contributed by atoms with Crippen molar-refractivity contribution in [1.29, 1.82) is 0 Å². The zero-order valence-electron chi connectivity index (χ0n) is 12.7. The molecule has 2 fully saturated rings. The number of cyclic esters (lactones) is 1. The van der Waals surface area contributed by atoms with Crippen LogP contribution in [0.15, 0.2) is 12.3 Å². The van der Waals surface area contributed by atoms with Crippen LogP contribution in [0.5, 0.6) is 0 Å². The Labute approximate surface area is 129 Å². The first-order valence-electron chi connectivity index (χ1n) is 7.62. The number of likely N-dealkylation sites (tertiary alicyclic amines) is 1. The summed E-state index contributed by atoms with van der Waals surface area (Å²) < 4.78 is 4.84. The van der Waals surface area contributed by atoms with Crippen LogP contribution in [-0.2, 0) is 9.53 Å². The maximum Gasteiger partial charge on any atom is 0.410 e. The van der Waals surface area contributed by atoms with Crippen molar-refractivity contribution in [2.75, 3.05) is 32.8 Å². The van der Waals surface area contributed by atoms with E-state index < -0.39 is 0 Å². The van der Waals surface area contributed by atoms with Gasteiger partial charge in [0.05, 0.1) is 6.54 Å². The number of nitrogens with zero attached hydrogens (tertiary/aromatic N) is 4. The Hall–Kier alpha value is -2.18. The van der Waals surface area contributed by atoms with Gasteiger partial charge in [0.15, 0.2) is 0 Å². The second-order valence-electron chi connectivity index (χ2n) is 5.72. The molecule has 7 heteroatoms. The maximum atomic E-state index is 12.2. The Kier molecular flexibility index (Phi) is 4.22. The van der Waals surface area contributed by atoms with E-state index in [-0.39, 0.29) is 18.5 Å². The van der Waals surface area contributed by atoms with Gasteiger partial charge in [-0.15, -0.1) is 0 Å². The molecule has 2 amide bonds. The number of aromatic nitrogens is 2. The monoisotopic (exact) mass is 304 g/mol. The summed E-state index contributed by atoms with van der Waals surface area (Å²) in [5.41, 5.74) is 1.06. The molecule has 0 spiro atoms. The Balaban J connectivity index is 1.53. The molecule has 2 aliphatic rings. The van der Waals surface area contributed by atoms with E-state index in [9.17, 15) is 9.59 Å². The van der Waals surface area contributed by atoms with Gasteiger partial charge in [0, 0.05) is 30.9 Å². The van der Waals surface area contributed by atoms with Crippen LogP contribution in [0.1, 0.15) is 30.3 Å². The van der Waals surface area contributed by atoms with Crippen LogP contribution in [0.2, 0.25) is 0 Å². The Morgan fingerprint density at radius 2 is 2.14 bits per heavy atom. The highest BCUT2D eigenvalue weighted by Crippen LogP contribution is 2.26. The van der Waals surface area contributed by atoms with E-state index in [1.807, 2.05) is 17.9 Å². The highest BCUT2D eigenvalue weighted by atomic mass is 16.6. The summed E-state index contributed by atoms with van der Waals surface area (Å²) in [6, 6.07) is 1.95. The van der Waals surface area contributed by atoms with Crippen molar-refractivity contribution in [3.8, 4) is 0 Å². The normalized spacial score (nSPS) is 19.4. The molecule has 1 aromatic heterocycles. The fourth-order valence-corrected chi connectivity index (χ4v) is 2.96. The third kappa shape index (κ3) is 3.18. The molecule has 0 aromatic carbocycles. The van der Waals surface area contributed by atoms with Crippen LogP contribution in [0.3, 0.4) is 0 Å². The van der Waals surface area contributed by atoms with Crippen LogP contribution in [0.25, 0.3) is 0 Å². The lowest BCUT2D eigenvalue weighted by atomic mass is 9.93. The molecule has 2 aliphatic heterocycles. The lowest BCUT2D eigenvalue weighted by Gasteiger charge is -2.32. The molecule has 3 rings (SSSR count). The van der Waals surface area contributed by atoms with E-state index in [1.165, 1.54) is 4.90 Å². The van der Waals surface area contributed by atoms with Crippen molar-refractivity contribution in [3.63, 3.8) is 0 Å². The molecule has 0 radical (unpaired) electrons. The van der Waals surface area contributed by atoms with Crippen molar-refractivity contribution in [2.24, 2.45) is 0 Å². The lowest BCUT2D eigenvalue weighted by Crippen LogP contribution is -2.44. The maximum absolute atomic E-state index is 12.2. The van der Waals surface area contributed by atoms with Crippen molar-refractivity contribution < 1.29 is 14.3 Å². The van der Waals surface area contributed by atoms with Crippen molar-refractivity contribution in [2.45, 2.75) is 25.7 Å². The second kappa shape index (κ2) is 6.29. The fraction of sp³-hybridized carbons (Fsp3) is 0.600. The van der Waals surface area contributed by atoms with Gasteiger partial charge in [-0.1, -0.05) is 0 Å². The van der Waals surface area contributed by atoms with E-state index in [2.05, 4.69) is 9.97 Å². The second-order valence-corrected chi connectivity index (χ2v) is 5.72. The van der Waals surface area contributed by atoms with Gasteiger partial charge in [-0.3, -0.25) is 9.69 Å². The van der Waals surface area contributed by atoms with Gasteiger partial charge in [-0.05, 0) is 25.8 Å². The van der Waals surface area contributed by atoms with Gasteiger partial charge >= 0.3 is 6.09 Å². The summed E-state index contributed by atoms with van der Waals surface area (Å²) in [5.74, 6) is 1.15. The number of piperidine rings is 1. The molecule has 0 saturated carbocycles. The van der Waals surface area contributed by atoms with E-state index in [0.717, 1.165) is 24.4 Å². The Morgan fingerprint density at radius 1 is 1.36 bits per heavy atom. The van der Waals surface area contributed by atoms with E-state index in [1.54, 1.807) is 6.20 Å². The molecule has 118 valence electrons. The molecule has 0 bridgehead atoms. The zero-order chi connectivity index (χ0) is 15.5. The average Bonchev–Trinajstić information content (AvgIpc) is 2.92. The van der Waals surface area contributed by atoms with Crippen LogP contribution < -0.4 is 0 Å². The van der Waals surface area contributed by atoms with Gasteiger partial charge in [0.25, 0.3) is 0 Å². The van der Waals surface area contributed by atoms with E-state index in [0.29, 0.717) is 32.2 Å². The predicted octanol–water partition coefficient (Wildman–Crippen LogP) is 0.943. The minimum atomic E-state index is -0.389. The molecule has 2 saturated heterocycles. The van der Waals surface area contributed by atoms with Gasteiger partial charge in [-0.25, -0.2) is 14.8 Å². The molecule has 0 aliphatic carbocycles. The number of rotatable bonds is 3. The highest BCUT2D eigenvalue weighted by molar-refractivity contribution is 5.83. The third-order valence-electron chi connectivity index (χ3n) is 4.23. The molecule has 7 nitrogen and oxygen atoms in total. The van der Waals surface area contributed by atoms with Gasteiger partial charge in [0.1, 0.15) is 19.0 Å². The zero-order valence-corrected chi connectivity index (χ0v) is 12.7. The van der Waals surface area contributed by atoms with Gasteiger partial charge in [0.2, 0.25) is 5.91 Å². The molecule has 3 heterocycles. The van der Waals surface area contributed by atoms with Crippen LogP contribution in [0.4, 0.5) is 4.79 Å². The number of amides is 2. The summed E-state index contributed by atoms with van der Waals surface area (Å²) >= 11 is 0. The first-order valence-corrected chi connectivity index (χ1v) is 7.62. The Bertz CT molecular complexity index is 570. The van der Waals surface area contributed by atoms with Crippen LogP contribution in [-0.4, -0.2) is 64.6 Å². The number of carbonyl (C=O) groups is 2. The largest absolute Gasteiger partial charge is 0.448 e. The molecular weight excluding hydrogens is 284 g/mol. The van der Waals surface area contributed by atoms with E-state index in [4.69, 9.17) is 4.74 Å². The SMILES string of the molecule is Cc1nccc(C2CCN(C(=O)CN3CCOC3=O)CC2)n1. The van der Waals surface area contributed by atoms with Crippen LogP contribution >= 0.6 is 0 Å². The topological polar surface area (TPSA) is 75.6 Å². The number of ether oxygens (including phenoxy) is 1. The Morgan fingerprint density at radius 3 is 2.77 bits per heavy atom. The quantitative estimate of drug-likeness (QED) is 0.831. The minimum Gasteiger partial charge on any atom is -0.448 e. The summed E-state index contributed by atoms with van der Waals surface area (Å²) in [4.78, 5) is 35.5. The smallest absolute Gasteiger partial charge is 0.410 e.